The molecule has 2 saturated heterocycles. The molecule has 2 aromatic rings. The number of benzene rings is 2. The summed E-state index contributed by atoms with van der Waals surface area (Å²) >= 11 is 0. The Hall–Kier alpha value is -2.64. The zero-order valence-electron chi connectivity index (χ0n) is 34.0. The number of likely N-dealkylation sites (tertiary alicyclic amines) is 2. The van der Waals surface area contributed by atoms with E-state index in [2.05, 4.69) is 88.4 Å². The van der Waals surface area contributed by atoms with Gasteiger partial charge in [0.05, 0.1) is 52.5 Å². The summed E-state index contributed by atoms with van der Waals surface area (Å²) in [4.78, 5) is 25.4. The number of nitrogens with zero attached hydrogens (tertiary/aromatic N) is 2. The van der Waals surface area contributed by atoms with Crippen molar-refractivity contribution >= 4 is 11.9 Å². The van der Waals surface area contributed by atoms with Gasteiger partial charge in [0.1, 0.15) is 0 Å². The number of carbonyl (C=O) groups excluding carboxylic acids is 2. The van der Waals surface area contributed by atoms with E-state index >= 15 is 0 Å². The van der Waals surface area contributed by atoms with E-state index in [1.165, 1.54) is 71.9 Å². The van der Waals surface area contributed by atoms with Crippen LogP contribution in [0.3, 0.4) is 0 Å². The maximum absolute atomic E-state index is 12.7. The monoisotopic (exact) mass is 784 g/mol. The average Bonchev–Trinajstić information content (AvgIpc) is 3.15. The predicted molar refractivity (Wildman–Crippen MR) is 215 cm³/mol. The normalized spacial score (nSPS) is 16.8. The second kappa shape index (κ2) is 25.5. The molecule has 0 N–H and O–H groups in total. The molecule has 6 nitrogen and oxygen atoms in total. The number of hydrogen-bond acceptors (Lipinski definition) is 4. The van der Waals surface area contributed by atoms with Crippen LogP contribution in [-0.2, 0) is 31.9 Å². The topological polar surface area (TPSA) is 52.6 Å². The van der Waals surface area contributed by atoms with Gasteiger partial charge in [0.15, 0.2) is 13.1 Å². The second-order valence-corrected chi connectivity index (χ2v) is 16.1. The van der Waals surface area contributed by atoms with Crippen molar-refractivity contribution in [1.29, 1.82) is 0 Å². The summed E-state index contributed by atoms with van der Waals surface area (Å²) in [5, 5.41) is 0. The fourth-order valence-electron chi connectivity index (χ4n) is 8.01. The molecule has 0 aliphatic carbocycles. The average molecular weight is 786 g/mol. The molecule has 8 heteroatoms. The van der Waals surface area contributed by atoms with Gasteiger partial charge in [-0.3, -0.25) is 0 Å². The van der Waals surface area contributed by atoms with Crippen molar-refractivity contribution in [3.8, 4) is 11.1 Å². The van der Waals surface area contributed by atoms with Crippen molar-refractivity contribution in [1.82, 2.24) is 0 Å². The van der Waals surface area contributed by atoms with Crippen LogP contribution in [-0.4, -0.2) is 86.5 Å². The van der Waals surface area contributed by atoms with E-state index < -0.39 is 0 Å². The number of rotatable bonds is 21. The van der Waals surface area contributed by atoms with Crippen molar-refractivity contribution in [2.24, 2.45) is 0 Å². The van der Waals surface area contributed by atoms with E-state index in [1.807, 2.05) is 0 Å². The van der Waals surface area contributed by atoms with E-state index in [1.54, 1.807) is 0 Å². The summed E-state index contributed by atoms with van der Waals surface area (Å²) in [5.74, 6) is -0.0650. The van der Waals surface area contributed by atoms with Crippen molar-refractivity contribution in [3.63, 3.8) is 0 Å². The Morgan fingerprint density at radius 1 is 0.556 bits per heavy atom. The first-order valence-corrected chi connectivity index (χ1v) is 20.7. The zero-order valence-corrected chi connectivity index (χ0v) is 35.5. The lowest BCUT2D eigenvalue weighted by Gasteiger charge is -2.40. The highest BCUT2D eigenvalue weighted by atomic mass is 35.5. The molecule has 302 valence electrons. The summed E-state index contributed by atoms with van der Waals surface area (Å²) in [6, 6.07) is 18.0. The lowest BCUT2D eigenvalue weighted by molar-refractivity contribution is -0.920. The summed E-state index contributed by atoms with van der Waals surface area (Å²) < 4.78 is 12.9. The zero-order chi connectivity index (χ0) is 37.1. The predicted octanol–water partition coefficient (Wildman–Crippen LogP) is 3.81. The van der Waals surface area contributed by atoms with E-state index in [0.29, 0.717) is 26.3 Å². The summed E-state index contributed by atoms with van der Waals surface area (Å²) in [6.07, 6.45) is 20.3. The van der Waals surface area contributed by atoms with Crippen LogP contribution < -0.4 is 24.8 Å². The van der Waals surface area contributed by atoms with Gasteiger partial charge in [0.25, 0.3) is 0 Å². The molecule has 2 aromatic carbocycles. The Morgan fingerprint density at radius 3 is 1.24 bits per heavy atom. The summed E-state index contributed by atoms with van der Waals surface area (Å²) in [5.41, 5.74) is 7.81. The molecule has 0 saturated carbocycles. The van der Waals surface area contributed by atoms with Gasteiger partial charge in [-0.15, -0.1) is 0 Å². The molecule has 2 heterocycles. The summed E-state index contributed by atoms with van der Waals surface area (Å²) in [6.45, 7) is 17.0. The number of piperidine rings is 2. The molecule has 4 rings (SSSR count). The van der Waals surface area contributed by atoms with Gasteiger partial charge in [-0.1, -0.05) is 99.2 Å². The number of ether oxygens (including phenoxy) is 2. The number of allylic oxidation sites excluding steroid dienone is 2. The lowest BCUT2D eigenvalue weighted by Crippen LogP contribution is -3.00. The quantitative estimate of drug-likeness (QED) is 0.0838. The third kappa shape index (κ3) is 16.6. The third-order valence-electron chi connectivity index (χ3n) is 11.3. The molecule has 2 aliphatic rings. The fraction of sp³-hybridized carbons (Fsp3) is 0.609. The van der Waals surface area contributed by atoms with Crippen LogP contribution in [0.2, 0.25) is 0 Å². The first-order valence-electron chi connectivity index (χ1n) is 20.7. The minimum absolute atomic E-state index is 0. The highest BCUT2D eigenvalue weighted by Gasteiger charge is 2.33. The standard InChI is InChI=1S/C46H70N2O4.2ClH/c1-5-7-15-33-51-45(49)37-47(27-11-9-12-28-47)31-25-39(3)35-41-17-21-43(22-18-41)44-23-19-42(20-24-44)36-40(4)26-32-48(29-13-10-14-30-48)38-46(50)52-34-16-8-6-2;;/h17-26H,5-16,27-38H2,1-4H3;2*1H/q+2;;/p-2/b39-25+,40-26+;;. The largest absolute Gasteiger partial charge is 1.00 e. The first kappa shape index (κ1) is 47.5. The molecule has 0 amide bonds. The molecule has 2 aliphatic heterocycles. The molecule has 0 atom stereocenters. The number of halogens is 2. The van der Waals surface area contributed by atoms with Crippen molar-refractivity contribution in [2.45, 2.75) is 118 Å². The lowest BCUT2D eigenvalue weighted by atomic mass is 9.98. The highest BCUT2D eigenvalue weighted by Crippen LogP contribution is 2.25. The molecule has 0 bridgehead atoms. The SMILES string of the molecule is CCCCCOC(=O)C[N+]1(C/C=C(\C)Cc2ccc(-c3ccc(C/C(C)=C/C[N+]4(CC(=O)OCCCCC)CCCCC4)cc3)cc2)CCCCC1.[Cl-].[Cl-]. The Balaban J connectivity index is 0.00000504. The minimum atomic E-state index is -0.0325. The maximum atomic E-state index is 12.7. The Kier molecular flexibility index (Phi) is 22.4. The number of hydrogen-bond donors (Lipinski definition) is 0. The van der Waals surface area contributed by atoms with Gasteiger partial charge in [-0.2, -0.15) is 0 Å². The van der Waals surface area contributed by atoms with E-state index in [9.17, 15) is 9.59 Å². The highest BCUT2D eigenvalue weighted by molar-refractivity contribution is 5.71. The van der Waals surface area contributed by atoms with Crippen LogP contribution in [0.4, 0.5) is 0 Å². The van der Waals surface area contributed by atoms with Crippen LogP contribution >= 0.6 is 0 Å². The minimum Gasteiger partial charge on any atom is -1.00 e. The Bertz CT molecular complexity index is 1320. The van der Waals surface area contributed by atoms with Gasteiger partial charge in [0.2, 0.25) is 0 Å². The Labute approximate surface area is 340 Å². The van der Waals surface area contributed by atoms with Crippen LogP contribution in [0.25, 0.3) is 11.1 Å². The Morgan fingerprint density at radius 2 is 0.907 bits per heavy atom. The molecule has 0 spiro atoms. The van der Waals surface area contributed by atoms with E-state index in [-0.39, 0.29) is 36.8 Å². The third-order valence-corrected chi connectivity index (χ3v) is 11.3. The van der Waals surface area contributed by atoms with E-state index in [4.69, 9.17) is 9.47 Å². The van der Waals surface area contributed by atoms with Crippen LogP contribution in [0, 0.1) is 0 Å². The van der Waals surface area contributed by atoms with Gasteiger partial charge >= 0.3 is 11.9 Å². The molecule has 0 radical (unpaired) electrons. The molecule has 0 unspecified atom stereocenters. The van der Waals surface area contributed by atoms with Crippen LogP contribution in [0.15, 0.2) is 71.8 Å². The maximum Gasteiger partial charge on any atom is 0.361 e. The molecular formula is C46H70Cl2N2O4. The van der Waals surface area contributed by atoms with Crippen molar-refractivity contribution in [3.05, 3.63) is 83.0 Å². The molecule has 2 fully saturated rings. The smallest absolute Gasteiger partial charge is 0.361 e. The van der Waals surface area contributed by atoms with Crippen LogP contribution in [0.5, 0.6) is 0 Å². The fourth-order valence-corrected chi connectivity index (χ4v) is 8.01. The first-order chi connectivity index (χ1) is 25.2. The van der Waals surface area contributed by atoms with Gasteiger partial charge in [-0.05, 0) is 112 Å². The van der Waals surface area contributed by atoms with Gasteiger partial charge in [-0.25, -0.2) is 9.59 Å². The number of unbranched alkanes of at least 4 members (excludes halogenated alkanes) is 4. The van der Waals surface area contributed by atoms with Crippen LogP contribution in [0.1, 0.15) is 116 Å². The van der Waals surface area contributed by atoms with E-state index in [0.717, 1.165) is 99.6 Å². The number of quaternary nitrogens is 2. The molecular weight excluding hydrogens is 715 g/mol. The van der Waals surface area contributed by atoms with Gasteiger partial charge < -0.3 is 43.3 Å². The number of esters is 2. The second-order valence-electron chi connectivity index (χ2n) is 16.1. The number of carbonyl (C=O) groups is 2. The molecule has 0 aromatic heterocycles. The van der Waals surface area contributed by atoms with Crippen molar-refractivity contribution in [2.75, 3.05) is 65.6 Å². The van der Waals surface area contributed by atoms with Gasteiger partial charge in [0, 0.05) is 0 Å². The van der Waals surface area contributed by atoms with Crippen molar-refractivity contribution < 1.29 is 52.8 Å². The summed E-state index contributed by atoms with van der Waals surface area (Å²) in [7, 11) is 0. The molecule has 54 heavy (non-hydrogen) atoms.